The minimum absolute atomic E-state index is 0.269. The van der Waals surface area contributed by atoms with Gasteiger partial charge >= 0.3 is 0 Å². The topological polar surface area (TPSA) is 69.7 Å². The summed E-state index contributed by atoms with van der Waals surface area (Å²) in [5.74, 6) is -0.376. The Kier molecular flexibility index (Phi) is 6.47. The van der Waals surface area contributed by atoms with Gasteiger partial charge in [0.15, 0.2) is 0 Å². The standard InChI is InChI=1S/C22H29N3O3S/c1-17-7-10-21(15-18(17)2)25(29(3,27)28)16-22(26)23-19-8-11-20(12-9-19)24-13-5-4-6-14-24/h7-12,15H,4-6,13-14,16H2,1-3H3,(H,23,26). The van der Waals surface area contributed by atoms with Gasteiger partial charge in [-0.2, -0.15) is 0 Å². The van der Waals surface area contributed by atoms with E-state index in [1.165, 1.54) is 19.3 Å². The summed E-state index contributed by atoms with van der Waals surface area (Å²) in [6.45, 7) is 5.73. The quantitative estimate of drug-likeness (QED) is 0.781. The first-order valence-corrected chi connectivity index (χ1v) is 11.8. The highest BCUT2D eigenvalue weighted by Gasteiger charge is 2.21. The lowest BCUT2D eigenvalue weighted by Crippen LogP contribution is -2.37. The second-order valence-corrected chi connectivity index (χ2v) is 9.59. The highest BCUT2D eigenvalue weighted by molar-refractivity contribution is 7.92. The van der Waals surface area contributed by atoms with E-state index in [0.29, 0.717) is 11.4 Å². The molecule has 0 aliphatic carbocycles. The van der Waals surface area contributed by atoms with Crippen LogP contribution in [0.5, 0.6) is 0 Å². The molecule has 1 saturated heterocycles. The van der Waals surface area contributed by atoms with Gasteiger partial charge in [-0.3, -0.25) is 9.10 Å². The molecule has 0 unspecified atom stereocenters. The lowest BCUT2D eigenvalue weighted by atomic mass is 10.1. The van der Waals surface area contributed by atoms with Crippen LogP contribution in [0.4, 0.5) is 17.1 Å². The van der Waals surface area contributed by atoms with E-state index in [1.54, 1.807) is 12.1 Å². The molecule has 0 aromatic heterocycles. The molecular formula is C22H29N3O3S. The monoisotopic (exact) mass is 415 g/mol. The molecule has 1 aliphatic rings. The van der Waals surface area contributed by atoms with Gasteiger partial charge in [-0.1, -0.05) is 6.07 Å². The second kappa shape index (κ2) is 8.86. The molecule has 156 valence electrons. The van der Waals surface area contributed by atoms with Crippen LogP contribution in [0.3, 0.4) is 0 Å². The predicted octanol–water partition coefficient (Wildman–Crippen LogP) is 3.70. The van der Waals surface area contributed by atoms with Crippen molar-refractivity contribution in [1.29, 1.82) is 0 Å². The fourth-order valence-electron chi connectivity index (χ4n) is 3.52. The number of nitrogens with one attached hydrogen (secondary N) is 1. The van der Waals surface area contributed by atoms with Crippen LogP contribution in [-0.2, 0) is 14.8 Å². The summed E-state index contributed by atoms with van der Waals surface area (Å²) in [5, 5.41) is 2.81. The van der Waals surface area contributed by atoms with Crippen molar-refractivity contribution in [2.24, 2.45) is 0 Å². The summed E-state index contributed by atoms with van der Waals surface area (Å²) < 4.78 is 25.7. The highest BCUT2D eigenvalue weighted by atomic mass is 32.2. The van der Waals surface area contributed by atoms with Crippen molar-refractivity contribution in [2.45, 2.75) is 33.1 Å². The molecule has 1 heterocycles. The zero-order valence-corrected chi connectivity index (χ0v) is 18.1. The molecule has 29 heavy (non-hydrogen) atoms. The first-order chi connectivity index (χ1) is 13.7. The van der Waals surface area contributed by atoms with Gasteiger partial charge in [0.25, 0.3) is 0 Å². The van der Waals surface area contributed by atoms with Gasteiger partial charge in [-0.15, -0.1) is 0 Å². The fourth-order valence-corrected chi connectivity index (χ4v) is 4.37. The Morgan fingerprint density at radius 1 is 1.00 bits per heavy atom. The van der Waals surface area contributed by atoms with Crippen molar-refractivity contribution in [3.05, 3.63) is 53.6 Å². The average molecular weight is 416 g/mol. The normalized spacial score (nSPS) is 14.5. The predicted molar refractivity (Wildman–Crippen MR) is 119 cm³/mol. The molecule has 0 atom stereocenters. The maximum Gasteiger partial charge on any atom is 0.245 e. The van der Waals surface area contributed by atoms with Crippen molar-refractivity contribution in [2.75, 3.05) is 40.4 Å². The van der Waals surface area contributed by atoms with E-state index in [4.69, 9.17) is 0 Å². The van der Waals surface area contributed by atoms with Crippen molar-refractivity contribution < 1.29 is 13.2 Å². The smallest absolute Gasteiger partial charge is 0.245 e. The molecule has 1 amide bonds. The lowest BCUT2D eigenvalue weighted by molar-refractivity contribution is -0.114. The third-order valence-corrected chi connectivity index (χ3v) is 6.48. The van der Waals surface area contributed by atoms with E-state index in [0.717, 1.165) is 40.5 Å². The lowest BCUT2D eigenvalue weighted by Gasteiger charge is -2.29. The van der Waals surface area contributed by atoms with E-state index in [2.05, 4.69) is 10.2 Å². The average Bonchev–Trinajstić information content (AvgIpc) is 2.69. The minimum atomic E-state index is -3.59. The molecule has 2 aromatic carbocycles. The maximum absolute atomic E-state index is 12.6. The number of anilines is 3. The second-order valence-electron chi connectivity index (χ2n) is 7.68. The van der Waals surface area contributed by atoms with Crippen molar-refractivity contribution in [1.82, 2.24) is 0 Å². The number of carbonyl (C=O) groups excluding carboxylic acids is 1. The molecule has 1 aliphatic heterocycles. The Hall–Kier alpha value is -2.54. The van der Waals surface area contributed by atoms with Crippen LogP contribution in [0.1, 0.15) is 30.4 Å². The number of hydrogen-bond acceptors (Lipinski definition) is 4. The number of nitrogens with zero attached hydrogens (tertiary/aromatic N) is 2. The van der Waals surface area contributed by atoms with E-state index in [1.807, 2.05) is 44.2 Å². The first-order valence-electron chi connectivity index (χ1n) is 9.94. The Labute approximate surface area is 173 Å². The molecule has 0 bridgehead atoms. The molecule has 7 heteroatoms. The van der Waals surface area contributed by atoms with Gasteiger partial charge in [-0.05, 0) is 80.6 Å². The number of hydrogen-bond donors (Lipinski definition) is 1. The van der Waals surface area contributed by atoms with Gasteiger partial charge in [0.05, 0.1) is 11.9 Å². The molecule has 3 rings (SSSR count). The molecule has 2 aromatic rings. The number of rotatable bonds is 6. The fraction of sp³-hybridized carbons (Fsp3) is 0.409. The molecule has 0 spiro atoms. The Morgan fingerprint density at radius 2 is 1.66 bits per heavy atom. The SMILES string of the molecule is Cc1ccc(N(CC(=O)Nc2ccc(N3CCCCC3)cc2)S(C)(=O)=O)cc1C. The van der Waals surface area contributed by atoms with Gasteiger partial charge in [0.2, 0.25) is 15.9 Å². The van der Waals surface area contributed by atoms with Crippen LogP contribution in [0, 0.1) is 13.8 Å². The van der Waals surface area contributed by atoms with Gasteiger partial charge < -0.3 is 10.2 Å². The number of amides is 1. The zero-order valence-electron chi connectivity index (χ0n) is 17.3. The first kappa shape index (κ1) is 21.2. The zero-order chi connectivity index (χ0) is 21.0. The number of sulfonamides is 1. The Bertz CT molecular complexity index is 965. The van der Waals surface area contributed by atoms with E-state index < -0.39 is 10.0 Å². The molecule has 0 saturated carbocycles. The maximum atomic E-state index is 12.6. The van der Waals surface area contributed by atoms with Crippen molar-refractivity contribution in [3.63, 3.8) is 0 Å². The molecule has 1 fully saturated rings. The molecule has 1 N–H and O–H groups in total. The summed E-state index contributed by atoms with van der Waals surface area (Å²) in [4.78, 5) is 14.9. The minimum Gasteiger partial charge on any atom is -0.372 e. The summed E-state index contributed by atoms with van der Waals surface area (Å²) >= 11 is 0. The third-order valence-electron chi connectivity index (χ3n) is 5.34. The highest BCUT2D eigenvalue weighted by Crippen LogP contribution is 2.23. The van der Waals surface area contributed by atoms with Crippen LogP contribution in [0.2, 0.25) is 0 Å². The van der Waals surface area contributed by atoms with Gasteiger partial charge in [0, 0.05) is 24.5 Å². The third kappa shape index (κ3) is 5.50. The van der Waals surface area contributed by atoms with Crippen molar-refractivity contribution in [3.8, 4) is 0 Å². The molecular weight excluding hydrogens is 386 g/mol. The summed E-state index contributed by atoms with van der Waals surface area (Å²) in [7, 11) is -3.59. The van der Waals surface area contributed by atoms with Crippen LogP contribution >= 0.6 is 0 Å². The van der Waals surface area contributed by atoms with Crippen LogP contribution in [0.25, 0.3) is 0 Å². The van der Waals surface area contributed by atoms with Gasteiger partial charge in [-0.25, -0.2) is 8.42 Å². The number of aryl methyl sites for hydroxylation is 2. The molecule has 0 radical (unpaired) electrons. The van der Waals surface area contributed by atoms with Crippen LogP contribution in [0.15, 0.2) is 42.5 Å². The number of benzene rings is 2. The van der Waals surface area contributed by atoms with E-state index in [9.17, 15) is 13.2 Å². The summed E-state index contributed by atoms with van der Waals surface area (Å²) in [5.41, 5.74) is 4.34. The Balaban J connectivity index is 1.69. The van der Waals surface area contributed by atoms with Gasteiger partial charge in [0.1, 0.15) is 6.54 Å². The summed E-state index contributed by atoms with van der Waals surface area (Å²) in [6.07, 6.45) is 4.81. The number of piperidine rings is 1. The largest absolute Gasteiger partial charge is 0.372 e. The van der Waals surface area contributed by atoms with E-state index in [-0.39, 0.29) is 12.5 Å². The van der Waals surface area contributed by atoms with E-state index >= 15 is 0 Å². The van der Waals surface area contributed by atoms with Crippen molar-refractivity contribution >= 4 is 33.0 Å². The Morgan fingerprint density at radius 3 is 2.24 bits per heavy atom. The number of carbonyl (C=O) groups is 1. The molecule has 6 nitrogen and oxygen atoms in total. The van der Waals surface area contributed by atoms with Crippen LogP contribution in [-0.4, -0.2) is 40.2 Å². The summed E-state index contributed by atoms with van der Waals surface area (Å²) in [6, 6.07) is 13.1. The van der Waals surface area contributed by atoms with Crippen LogP contribution < -0.4 is 14.5 Å².